The fourth-order valence-corrected chi connectivity index (χ4v) is 1.39. The van der Waals surface area contributed by atoms with Crippen molar-refractivity contribution in [1.82, 2.24) is 9.97 Å². The summed E-state index contributed by atoms with van der Waals surface area (Å²) in [5, 5.41) is 0.438. The number of carbonyl (C=O) groups is 1. The molecular weight excluding hydrogens is 199 g/mol. The number of nitrogens with zero attached hydrogens (tertiary/aromatic N) is 1. The first-order valence-electron chi connectivity index (χ1n) is 4.51. The number of nitrogens with one attached hydrogen (secondary N) is 1. The molecule has 15 heavy (non-hydrogen) atoms. The summed E-state index contributed by atoms with van der Waals surface area (Å²) in [5.74, 6) is -0.959. The minimum atomic E-state index is -0.483. The van der Waals surface area contributed by atoms with Crippen LogP contribution in [0.25, 0.3) is 10.9 Å². The third kappa shape index (κ3) is 1.56. The highest BCUT2D eigenvalue weighted by Gasteiger charge is 2.14. The van der Waals surface area contributed by atoms with Gasteiger partial charge in [0, 0.05) is 17.8 Å². The van der Waals surface area contributed by atoms with Gasteiger partial charge >= 0.3 is 5.97 Å². The van der Waals surface area contributed by atoms with E-state index in [4.69, 9.17) is 4.74 Å². The first kappa shape index (κ1) is 9.64. The Balaban J connectivity index is 2.54. The monoisotopic (exact) mass is 208 g/mol. The quantitative estimate of drug-likeness (QED) is 0.766. The number of aromatic amines is 1. The highest BCUT2D eigenvalue weighted by atomic mass is 19.1. The molecule has 0 radical (unpaired) electrons. The zero-order chi connectivity index (χ0) is 10.8. The third-order valence-electron chi connectivity index (χ3n) is 2.05. The van der Waals surface area contributed by atoms with Crippen molar-refractivity contribution < 1.29 is 13.9 Å². The summed E-state index contributed by atoms with van der Waals surface area (Å²) in [7, 11) is 0. The number of aromatic nitrogens is 2. The second-order valence-electron chi connectivity index (χ2n) is 2.97. The normalized spacial score (nSPS) is 10.5. The molecule has 0 saturated carbocycles. The first-order valence-corrected chi connectivity index (χ1v) is 4.51. The van der Waals surface area contributed by atoms with Crippen LogP contribution in [0, 0.1) is 5.82 Å². The molecule has 0 unspecified atom stereocenters. The smallest absolute Gasteiger partial charge is 0.340 e. The molecule has 0 amide bonds. The molecule has 0 aliphatic carbocycles. The average Bonchev–Trinajstić information content (AvgIpc) is 2.63. The molecule has 0 saturated heterocycles. The molecule has 2 heterocycles. The lowest BCUT2D eigenvalue weighted by Crippen LogP contribution is -2.03. The number of rotatable bonds is 2. The Morgan fingerprint density at radius 2 is 2.40 bits per heavy atom. The van der Waals surface area contributed by atoms with Gasteiger partial charge in [0.25, 0.3) is 0 Å². The topological polar surface area (TPSA) is 55.0 Å². The summed E-state index contributed by atoms with van der Waals surface area (Å²) in [6, 6.07) is 0. The van der Waals surface area contributed by atoms with Gasteiger partial charge in [-0.3, -0.25) is 4.98 Å². The molecule has 0 fully saturated rings. The maximum absolute atomic E-state index is 13.2. The van der Waals surface area contributed by atoms with Crippen LogP contribution in [-0.4, -0.2) is 22.5 Å². The molecule has 4 nitrogen and oxygen atoms in total. The summed E-state index contributed by atoms with van der Waals surface area (Å²) >= 11 is 0. The molecule has 2 aromatic rings. The van der Waals surface area contributed by atoms with Gasteiger partial charge in [-0.05, 0) is 6.92 Å². The zero-order valence-corrected chi connectivity index (χ0v) is 8.08. The molecular formula is C10H9FN2O2. The van der Waals surface area contributed by atoms with Crippen LogP contribution in [0.15, 0.2) is 18.6 Å². The summed E-state index contributed by atoms with van der Waals surface area (Å²) in [4.78, 5) is 17.8. The van der Waals surface area contributed by atoms with E-state index in [1.165, 1.54) is 12.4 Å². The van der Waals surface area contributed by atoms with Crippen molar-refractivity contribution in [3.8, 4) is 0 Å². The van der Waals surface area contributed by atoms with E-state index in [9.17, 15) is 9.18 Å². The maximum Gasteiger partial charge on any atom is 0.340 e. The predicted octanol–water partition coefficient (Wildman–Crippen LogP) is 1.88. The summed E-state index contributed by atoms with van der Waals surface area (Å²) in [5.41, 5.74) is 0.576. The Morgan fingerprint density at radius 1 is 1.60 bits per heavy atom. The minimum Gasteiger partial charge on any atom is -0.462 e. The number of H-pyrrole nitrogens is 1. The lowest BCUT2D eigenvalue weighted by Gasteiger charge is -1.98. The number of ether oxygens (including phenoxy) is 1. The molecule has 78 valence electrons. The van der Waals surface area contributed by atoms with E-state index in [0.717, 1.165) is 6.20 Å². The van der Waals surface area contributed by atoms with Crippen LogP contribution in [0.4, 0.5) is 4.39 Å². The largest absolute Gasteiger partial charge is 0.462 e. The van der Waals surface area contributed by atoms with Gasteiger partial charge in [0.2, 0.25) is 0 Å². The number of pyridine rings is 1. The summed E-state index contributed by atoms with van der Waals surface area (Å²) in [6.45, 7) is 2.00. The van der Waals surface area contributed by atoms with Crippen molar-refractivity contribution in [1.29, 1.82) is 0 Å². The average molecular weight is 208 g/mol. The van der Waals surface area contributed by atoms with Gasteiger partial charge in [-0.2, -0.15) is 0 Å². The van der Waals surface area contributed by atoms with Gasteiger partial charge in [0.15, 0.2) is 5.82 Å². The molecule has 2 rings (SSSR count). The van der Waals surface area contributed by atoms with E-state index in [-0.39, 0.29) is 12.1 Å². The molecule has 0 spiro atoms. The highest BCUT2D eigenvalue weighted by Crippen LogP contribution is 2.19. The van der Waals surface area contributed by atoms with Crippen molar-refractivity contribution in [2.75, 3.05) is 6.61 Å². The number of halogens is 1. The fourth-order valence-electron chi connectivity index (χ4n) is 1.39. The number of hydrogen-bond donors (Lipinski definition) is 1. The number of fused-ring (bicyclic) bond motifs is 1. The second kappa shape index (κ2) is 3.68. The van der Waals surface area contributed by atoms with Crippen LogP contribution in [0.3, 0.4) is 0 Å². The predicted molar refractivity (Wildman–Crippen MR) is 52.0 cm³/mol. The number of carbonyl (C=O) groups excluding carboxylic acids is 1. The lowest BCUT2D eigenvalue weighted by molar-refractivity contribution is 0.0528. The van der Waals surface area contributed by atoms with E-state index in [0.29, 0.717) is 10.9 Å². The second-order valence-corrected chi connectivity index (χ2v) is 2.97. The van der Waals surface area contributed by atoms with Gasteiger partial charge in [-0.25, -0.2) is 9.18 Å². The Bertz CT molecular complexity index is 507. The number of hydrogen-bond acceptors (Lipinski definition) is 3. The van der Waals surface area contributed by atoms with Crippen molar-refractivity contribution in [3.05, 3.63) is 30.0 Å². The van der Waals surface area contributed by atoms with Crippen molar-refractivity contribution in [2.45, 2.75) is 6.92 Å². The van der Waals surface area contributed by atoms with Crippen LogP contribution in [-0.2, 0) is 4.74 Å². The van der Waals surface area contributed by atoms with Crippen LogP contribution in [0.2, 0.25) is 0 Å². The van der Waals surface area contributed by atoms with Gasteiger partial charge in [0.1, 0.15) is 0 Å². The van der Waals surface area contributed by atoms with Gasteiger partial charge < -0.3 is 9.72 Å². The highest BCUT2D eigenvalue weighted by molar-refractivity contribution is 6.03. The first-order chi connectivity index (χ1) is 7.24. The minimum absolute atomic E-state index is 0.271. The van der Waals surface area contributed by atoms with Crippen LogP contribution >= 0.6 is 0 Å². The van der Waals surface area contributed by atoms with E-state index >= 15 is 0 Å². The zero-order valence-electron chi connectivity index (χ0n) is 8.08. The van der Waals surface area contributed by atoms with Gasteiger partial charge in [-0.1, -0.05) is 0 Å². The lowest BCUT2D eigenvalue weighted by atomic mass is 10.2. The molecule has 0 aliphatic heterocycles. The van der Waals surface area contributed by atoms with E-state index < -0.39 is 11.8 Å². The van der Waals surface area contributed by atoms with E-state index in [2.05, 4.69) is 9.97 Å². The van der Waals surface area contributed by atoms with Crippen LogP contribution < -0.4 is 0 Å². The molecule has 0 atom stereocenters. The van der Waals surface area contributed by atoms with Crippen LogP contribution in [0.5, 0.6) is 0 Å². The Morgan fingerprint density at radius 3 is 3.13 bits per heavy atom. The van der Waals surface area contributed by atoms with E-state index in [1.54, 1.807) is 6.92 Å². The number of esters is 1. The SMILES string of the molecule is CCOC(=O)c1c[nH]c2c(F)cncc12. The summed E-state index contributed by atoms with van der Waals surface area (Å²) < 4.78 is 18.0. The summed E-state index contributed by atoms with van der Waals surface area (Å²) in [6.07, 6.45) is 3.95. The Kier molecular flexibility index (Phi) is 2.37. The molecule has 0 aromatic carbocycles. The van der Waals surface area contributed by atoms with Crippen molar-refractivity contribution in [3.63, 3.8) is 0 Å². The molecule has 2 aromatic heterocycles. The molecule has 5 heteroatoms. The van der Waals surface area contributed by atoms with Crippen LogP contribution in [0.1, 0.15) is 17.3 Å². The third-order valence-corrected chi connectivity index (χ3v) is 2.05. The molecule has 0 aliphatic rings. The van der Waals surface area contributed by atoms with Gasteiger partial charge in [0.05, 0.1) is 23.9 Å². The van der Waals surface area contributed by atoms with Gasteiger partial charge in [-0.15, -0.1) is 0 Å². The standard InChI is InChI=1S/C10H9FN2O2/c1-2-15-10(14)7-4-13-9-6(7)3-12-5-8(9)11/h3-5,13H,2H2,1H3. The molecule has 0 bridgehead atoms. The van der Waals surface area contributed by atoms with E-state index in [1.807, 2.05) is 0 Å². The Labute approximate surface area is 85.1 Å². The fraction of sp³-hybridized carbons (Fsp3) is 0.200. The Hall–Kier alpha value is -1.91. The van der Waals surface area contributed by atoms with Crippen molar-refractivity contribution >= 4 is 16.9 Å². The maximum atomic E-state index is 13.2. The van der Waals surface area contributed by atoms with Crippen molar-refractivity contribution in [2.24, 2.45) is 0 Å². The molecule has 1 N–H and O–H groups in total.